The number of ether oxygens (including phenoxy) is 6. The van der Waals surface area contributed by atoms with Crippen molar-refractivity contribution in [3.05, 3.63) is 29.3 Å². The normalized spacial score (nSPS) is 26.0. The van der Waals surface area contributed by atoms with Gasteiger partial charge in [0.05, 0.1) is 19.1 Å². The highest BCUT2D eigenvalue weighted by molar-refractivity contribution is 5.72. The van der Waals surface area contributed by atoms with Crippen molar-refractivity contribution in [1.29, 1.82) is 0 Å². The van der Waals surface area contributed by atoms with Gasteiger partial charge in [0.2, 0.25) is 0 Å². The molecule has 0 bridgehead atoms. The van der Waals surface area contributed by atoms with Crippen LogP contribution >= 0.6 is 0 Å². The van der Waals surface area contributed by atoms with Crippen LogP contribution in [0.3, 0.4) is 0 Å². The first kappa shape index (κ1) is 28.4. The summed E-state index contributed by atoms with van der Waals surface area (Å²) in [6.45, 7) is 5.39. The molecule has 3 rings (SSSR count). The average molecular weight is 521 g/mol. The summed E-state index contributed by atoms with van der Waals surface area (Å²) in [7, 11) is 1.49. The van der Waals surface area contributed by atoms with Crippen LogP contribution < -0.4 is 4.74 Å². The molecule has 1 aliphatic heterocycles. The number of rotatable bonds is 8. The molecule has 0 aromatic heterocycles. The van der Waals surface area contributed by atoms with E-state index in [4.69, 9.17) is 28.4 Å². The van der Waals surface area contributed by atoms with Crippen molar-refractivity contribution in [3.8, 4) is 5.75 Å². The van der Waals surface area contributed by atoms with Gasteiger partial charge in [-0.3, -0.25) is 19.2 Å². The molecule has 1 aromatic carbocycles. The number of esters is 4. The smallest absolute Gasteiger partial charge is 0.309 e. The Hall–Kier alpha value is -3.14. The van der Waals surface area contributed by atoms with Crippen molar-refractivity contribution < 1.29 is 47.6 Å². The van der Waals surface area contributed by atoms with Gasteiger partial charge in [0.25, 0.3) is 0 Å². The quantitative estimate of drug-likeness (QED) is 0.371. The van der Waals surface area contributed by atoms with Gasteiger partial charge in [-0.25, -0.2) is 0 Å². The molecule has 10 heteroatoms. The molecule has 10 nitrogen and oxygen atoms in total. The summed E-state index contributed by atoms with van der Waals surface area (Å²) < 4.78 is 33.8. The summed E-state index contributed by atoms with van der Waals surface area (Å²) in [5, 5.41) is 0. The number of hydrogen-bond donors (Lipinski definition) is 0. The highest BCUT2D eigenvalue weighted by Gasteiger charge is 2.51. The van der Waals surface area contributed by atoms with Gasteiger partial charge in [0.1, 0.15) is 18.5 Å². The molecule has 5 atom stereocenters. The summed E-state index contributed by atoms with van der Waals surface area (Å²) in [6, 6.07) is 5.23. The van der Waals surface area contributed by atoms with E-state index in [1.54, 1.807) is 25.1 Å². The van der Waals surface area contributed by atoms with E-state index in [0.717, 1.165) is 32.1 Å². The molecule has 1 aromatic rings. The molecular weight excluding hydrogens is 484 g/mol. The molecular formula is C27H36O10. The second-order valence-corrected chi connectivity index (χ2v) is 9.50. The zero-order valence-electron chi connectivity index (χ0n) is 22.0. The predicted molar refractivity (Wildman–Crippen MR) is 129 cm³/mol. The lowest BCUT2D eigenvalue weighted by Gasteiger charge is -2.44. The number of hydrogen-bond acceptors (Lipinski definition) is 10. The molecule has 0 spiro atoms. The van der Waals surface area contributed by atoms with Crippen LogP contribution in [-0.2, 0) is 49.5 Å². The fraction of sp³-hybridized carbons (Fsp3) is 0.630. The zero-order valence-corrected chi connectivity index (χ0v) is 22.0. The molecule has 0 N–H and O–H groups in total. The first-order chi connectivity index (χ1) is 17.6. The van der Waals surface area contributed by atoms with Crippen LogP contribution in [0.2, 0.25) is 0 Å². The van der Waals surface area contributed by atoms with E-state index >= 15 is 0 Å². The lowest BCUT2D eigenvalue weighted by Crippen LogP contribution is -2.57. The van der Waals surface area contributed by atoms with E-state index in [2.05, 4.69) is 0 Å². The lowest BCUT2D eigenvalue weighted by atomic mass is 9.89. The number of benzene rings is 1. The molecule has 1 aliphatic carbocycles. The van der Waals surface area contributed by atoms with Crippen LogP contribution in [-0.4, -0.2) is 55.4 Å². The van der Waals surface area contributed by atoms with Gasteiger partial charge in [-0.1, -0.05) is 25.3 Å². The van der Waals surface area contributed by atoms with E-state index in [0.29, 0.717) is 16.9 Å². The molecule has 2 fully saturated rings. The Morgan fingerprint density at radius 3 is 2.05 bits per heavy atom. The van der Waals surface area contributed by atoms with Crippen LogP contribution in [0.5, 0.6) is 5.75 Å². The highest BCUT2D eigenvalue weighted by Crippen LogP contribution is 2.41. The Labute approximate surface area is 216 Å². The van der Waals surface area contributed by atoms with Crippen molar-refractivity contribution in [2.75, 3.05) is 7.11 Å². The lowest BCUT2D eigenvalue weighted by molar-refractivity contribution is -0.245. The standard InChI is InChI=1S/C27H36O10/c1-15-23(35-16(2)28)25(36-17(3)29)26(37-18(4)30)24(34-15)21-13-19(11-12-22(21)32-5)14-33-27(31)20-9-7-6-8-10-20/h11-13,15,20,23-26H,6-10,14H2,1-5H3/t15-,23+,24+,25+,26+/m0/s1. The van der Waals surface area contributed by atoms with Crippen LogP contribution in [0.4, 0.5) is 0 Å². The minimum Gasteiger partial charge on any atom is -0.496 e. The summed E-state index contributed by atoms with van der Waals surface area (Å²) in [4.78, 5) is 48.3. The topological polar surface area (TPSA) is 124 Å². The van der Waals surface area contributed by atoms with Crippen molar-refractivity contribution in [3.63, 3.8) is 0 Å². The summed E-state index contributed by atoms with van der Waals surface area (Å²) in [5.74, 6) is -1.73. The third kappa shape index (κ3) is 7.44. The molecule has 0 unspecified atom stereocenters. The third-order valence-corrected chi connectivity index (χ3v) is 6.60. The monoisotopic (exact) mass is 520 g/mol. The molecule has 37 heavy (non-hydrogen) atoms. The summed E-state index contributed by atoms with van der Waals surface area (Å²) in [5.41, 5.74) is 1.19. The van der Waals surface area contributed by atoms with Gasteiger partial charge in [0.15, 0.2) is 18.3 Å². The van der Waals surface area contributed by atoms with Crippen molar-refractivity contribution in [1.82, 2.24) is 0 Å². The molecule has 0 radical (unpaired) electrons. The molecule has 1 saturated carbocycles. The summed E-state index contributed by atoms with van der Waals surface area (Å²) in [6.07, 6.45) is -0.0572. The van der Waals surface area contributed by atoms with E-state index in [1.807, 2.05) is 0 Å². The largest absolute Gasteiger partial charge is 0.496 e. The van der Waals surface area contributed by atoms with Gasteiger partial charge >= 0.3 is 23.9 Å². The second-order valence-electron chi connectivity index (χ2n) is 9.50. The van der Waals surface area contributed by atoms with Gasteiger partial charge < -0.3 is 28.4 Å². The maximum absolute atomic E-state index is 12.5. The molecule has 204 valence electrons. The predicted octanol–water partition coefficient (Wildman–Crippen LogP) is 3.57. The van der Waals surface area contributed by atoms with E-state index in [9.17, 15) is 19.2 Å². The zero-order chi connectivity index (χ0) is 27.1. The number of carbonyl (C=O) groups is 4. The minimum absolute atomic E-state index is 0.0519. The first-order valence-corrected chi connectivity index (χ1v) is 12.6. The second kappa shape index (κ2) is 12.9. The van der Waals surface area contributed by atoms with E-state index < -0.39 is 48.4 Å². The minimum atomic E-state index is -1.14. The van der Waals surface area contributed by atoms with Crippen LogP contribution in [0.15, 0.2) is 18.2 Å². The maximum Gasteiger partial charge on any atom is 0.309 e. The molecule has 1 saturated heterocycles. The molecule has 0 amide bonds. The maximum atomic E-state index is 12.5. The van der Waals surface area contributed by atoms with Gasteiger partial charge in [-0.05, 0) is 37.5 Å². The van der Waals surface area contributed by atoms with E-state index in [1.165, 1.54) is 27.9 Å². The number of methoxy groups -OCH3 is 1. The Morgan fingerprint density at radius 1 is 0.865 bits per heavy atom. The Morgan fingerprint density at radius 2 is 1.46 bits per heavy atom. The number of carbonyl (C=O) groups excluding carboxylic acids is 4. The Kier molecular flexibility index (Phi) is 9.91. The van der Waals surface area contributed by atoms with Gasteiger partial charge in [-0.2, -0.15) is 0 Å². The molecule has 1 heterocycles. The Bertz CT molecular complexity index is 983. The third-order valence-electron chi connectivity index (χ3n) is 6.60. The first-order valence-electron chi connectivity index (χ1n) is 12.6. The van der Waals surface area contributed by atoms with Crippen LogP contribution in [0.25, 0.3) is 0 Å². The highest BCUT2D eigenvalue weighted by atomic mass is 16.6. The fourth-order valence-corrected chi connectivity index (χ4v) is 4.97. The van der Waals surface area contributed by atoms with Crippen LogP contribution in [0.1, 0.15) is 77.0 Å². The Balaban J connectivity index is 1.92. The van der Waals surface area contributed by atoms with Crippen molar-refractivity contribution >= 4 is 23.9 Å². The van der Waals surface area contributed by atoms with Gasteiger partial charge in [0, 0.05) is 26.3 Å². The average Bonchev–Trinajstić information content (AvgIpc) is 2.85. The fourth-order valence-electron chi connectivity index (χ4n) is 4.97. The summed E-state index contributed by atoms with van der Waals surface area (Å²) >= 11 is 0. The molecule has 2 aliphatic rings. The van der Waals surface area contributed by atoms with Crippen molar-refractivity contribution in [2.45, 2.75) is 96.9 Å². The van der Waals surface area contributed by atoms with Crippen molar-refractivity contribution in [2.24, 2.45) is 5.92 Å². The van der Waals surface area contributed by atoms with E-state index in [-0.39, 0.29) is 18.5 Å². The SMILES string of the molecule is COc1ccc(COC(=O)C2CCCCC2)cc1[C@H]1O[C@@H](C)[C@@H](OC(C)=O)[C@@H](OC(C)=O)[C@@H]1OC(C)=O. The van der Waals surface area contributed by atoms with Crippen LogP contribution in [0, 0.1) is 5.92 Å². The van der Waals surface area contributed by atoms with Gasteiger partial charge in [-0.15, -0.1) is 0 Å².